The van der Waals surface area contributed by atoms with Crippen molar-refractivity contribution < 1.29 is 4.92 Å². The summed E-state index contributed by atoms with van der Waals surface area (Å²) in [4.78, 5) is 10.2. The molecule has 1 aliphatic rings. The summed E-state index contributed by atoms with van der Waals surface area (Å²) in [6, 6.07) is 7.38. The Balaban J connectivity index is 2.16. The van der Waals surface area contributed by atoms with Crippen molar-refractivity contribution in [2.75, 3.05) is 0 Å². The van der Waals surface area contributed by atoms with Gasteiger partial charge < -0.3 is 0 Å². The molecule has 1 fully saturated rings. The van der Waals surface area contributed by atoms with Crippen LogP contribution in [0, 0.1) is 10.1 Å². The monoisotopic (exact) mass is 241 g/mol. The second-order valence-corrected chi connectivity index (χ2v) is 4.17. The van der Waals surface area contributed by atoms with E-state index in [2.05, 4.69) is 15.9 Å². The molecule has 2 atom stereocenters. The Morgan fingerprint density at radius 3 is 2.85 bits per heavy atom. The third-order valence-corrected chi connectivity index (χ3v) is 2.80. The zero-order valence-corrected chi connectivity index (χ0v) is 8.40. The van der Waals surface area contributed by atoms with E-state index in [0.29, 0.717) is 6.42 Å². The highest BCUT2D eigenvalue weighted by Gasteiger charge is 2.49. The zero-order chi connectivity index (χ0) is 9.42. The van der Waals surface area contributed by atoms with Gasteiger partial charge in [-0.25, -0.2) is 0 Å². The molecule has 68 valence electrons. The topological polar surface area (TPSA) is 43.1 Å². The molecule has 4 heteroatoms. The molecule has 0 aliphatic heterocycles. The van der Waals surface area contributed by atoms with Crippen molar-refractivity contribution in [3.63, 3.8) is 0 Å². The van der Waals surface area contributed by atoms with E-state index in [0.717, 1.165) is 10.0 Å². The number of hydrogen-bond acceptors (Lipinski definition) is 2. The highest BCUT2D eigenvalue weighted by atomic mass is 79.9. The Kier molecular flexibility index (Phi) is 2.07. The van der Waals surface area contributed by atoms with Crippen LogP contribution in [0.2, 0.25) is 0 Å². The molecule has 0 spiro atoms. The van der Waals surface area contributed by atoms with Gasteiger partial charge in [0.05, 0.1) is 5.92 Å². The Hall–Kier alpha value is -0.900. The lowest BCUT2D eigenvalue weighted by molar-refractivity contribution is -0.496. The van der Waals surface area contributed by atoms with Crippen LogP contribution in [0.3, 0.4) is 0 Å². The molecule has 0 radical (unpaired) electrons. The lowest BCUT2D eigenvalue weighted by Crippen LogP contribution is -2.02. The first kappa shape index (κ1) is 8.69. The summed E-state index contributed by atoms with van der Waals surface area (Å²) in [5, 5.41) is 10.4. The number of nitrogens with zero attached hydrogens (tertiary/aromatic N) is 1. The van der Waals surface area contributed by atoms with Gasteiger partial charge in [0.1, 0.15) is 0 Å². The fourth-order valence-electron chi connectivity index (χ4n) is 1.51. The van der Waals surface area contributed by atoms with E-state index in [1.807, 2.05) is 24.3 Å². The Morgan fingerprint density at radius 1 is 1.54 bits per heavy atom. The van der Waals surface area contributed by atoms with E-state index in [-0.39, 0.29) is 16.9 Å². The summed E-state index contributed by atoms with van der Waals surface area (Å²) in [6.45, 7) is 0. The Labute approximate surface area is 84.0 Å². The SMILES string of the molecule is O=[N+]([O-])C1CC1c1cccc(Br)c1. The minimum Gasteiger partial charge on any atom is -0.264 e. The van der Waals surface area contributed by atoms with Crippen molar-refractivity contribution in [3.05, 3.63) is 44.4 Å². The predicted octanol–water partition coefficient (Wildman–Crippen LogP) is 2.58. The second kappa shape index (κ2) is 3.10. The van der Waals surface area contributed by atoms with E-state index in [1.54, 1.807) is 0 Å². The normalized spacial score (nSPS) is 25.6. The van der Waals surface area contributed by atoms with Crippen molar-refractivity contribution in [3.8, 4) is 0 Å². The van der Waals surface area contributed by atoms with Crippen molar-refractivity contribution in [1.29, 1.82) is 0 Å². The van der Waals surface area contributed by atoms with Crippen LogP contribution in [-0.4, -0.2) is 11.0 Å². The van der Waals surface area contributed by atoms with Crippen LogP contribution >= 0.6 is 15.9 Å². The van der Waals surface area contributed by atoms with Crippen molar-refractivity contribution in [2.45, 2.75) is 18.4 Å². The molecule has 3 nitrogen and oxygen atoms in total. The first-order valence-electron chi connectivity index (χ1n) is 4.07. The molecule has 1 aliphatic carbocycles. The van der Waals surface area contributed by atoms with E-state index < -0.39 is 0 Å². The largest absolute Gasteiger partial charge is 0.264 e. The summed E-state index contributed by atoms with van der Waals surface area (Å²) >= 11 is 3.35. The van der Waals surface area contributed by atoms with Crippen LogP contribution in [0.1, 0.15) is 17.9 Å². The van der Waals surface area contributed by atoms with E-state index in [9.17, 15) is 10.1 Å². The molecule has 2 rings (SSSR count). The summed E-state index contributed by atoms with van der Waals surface area (Å²) in [5.41, 5.74) is 1.07. The number of hydrogen-bond donors (Lipinski definition) is 0. The molecular weight excluding hydrogens is 234 g/mol. The maximum absolute atomic E-state index is 10.4. The number of halogens is 1. The average Bonchev–Trinajstić information content (AvgIpc) is 2.82. The van der Waals surface area contributed by atoms with Crippen LogP contribution in [0.5, 0.6) is 0 Å². The van der Waals surface area contributed by atoms with Crippen LogP contribution < -0.4 is 0 Å². The number of benzene rings is 1. The summed E-state index contributed by atoms with van der Waals surface area (Å²) < 4.78 is 0.985. The van der Waals surface area contributed by atoms with E-state index in [4.69, 9.17) is 0 Å². The molecule has 0 bridgehead atoms. The van der Waals surface area contributed by atoms with Gasteiger partial charge in [-0.2, -0.15) is 0 Å². The smallest absolute Gasteiger partial charge is 0.221 e. The van der Waals surface area contributed by atoms with Gasteiger partial charge in [0.25, 0.3) is 0 Å². The van der Waals surface area contributed by atoms with E-state index in [1.165, 1.54) is 0 Å². The summed E-state index contributed by atoms with van der Waals surface area (Å²) in [7, 11) is 0. The van der Waals surface area contributed by atoms with E-state index >= 15 is 0 Å². The van der Waals surface area contributed by atoms with Gasteiger partial charge in [-0.05, 0) is 17.7 Å². The van der Waals surface area contributed by atoms with Crippen LogP contribution in [0.4, 0.5) is 0 Å². The Morgan fingerprint density at radius 2 is 2.31 bits per heavy atom. The maximum Gasteiger partial charge on any atom is 0.221 e. The fourth-order valence-corrected chi connectivity index (χ4v) is 1.93. The molecule has 0 aromatic heterocycles. The van der Waals surface area contributed by atoms with Crippen LogP contribution in [0.15, 0.2) is 28.7 Å². The van der Waals surface area contributed by atoms with Gasteiger partial charge in [-0.3, -0.25) is 10.1 Å². The van der Waals surface area contributed by atoms with Crippen LogP contribution in [-0.2, 0) is 0 Å². The first-order chi connectivity index (χ1) is 6.18. The predicted molar refractivity (Wildman–Crippen MR) is 52.3 cm³/mol. The zero-order valence-electron chi connectivity index (χ0n) is 6.81. The molecule has 1 saturated carbocycles. The number of nitro groups is 1. The van der Waals surface area contributed by atoms with Gasteiger partial charge in [0.15, 0.2) is 0 Å². The molecule has 13 heavy (non-hydrogen) atoms. The quantitative estimate of drug-likeness (QED) is 0.590. The first-order valence-corrected chi connectivity index (χ1v) is 4.87. The second-order valence-electron chi connectivity index (χ2n) is 3.25. The standard InChI is InChI=1S/C9H8BrNO2/c10-7-3-1-2-6(4-7)8-5-9(8)11(12)13/h1-4,8-9H,5H2. The lowest BCUT2D eigenvalue weighted by atomic mass is 10.1. The molecular formula is C9H8BrNO2. The third-order valence-electron chi connectivity index (χ3n) is 2.30. The highest BCUT2D eigenvalue weighted by molar-refractivity contribution is 9.10. The third kappa shape index (κ3) is 1.72. The Bertz CT molecular complexity index is 353. The van der Waals surface area contributed by atoms with Crippen molar-refractivity contribution >= 4 is 15.9 Å². The van der Waals surface area contributed by atoms with Gasteiger partial charge in [-0.1, -0.05) is 28.1 Å². The fraction of sp³-hybridized carbons (Fsp3) is 0.333. The minimum absolute atomic E-state index is 0.132. The molecule has 0 saturated heterocycles. The summed E-state index contributed by atoms with van der Waals surface area (Å²) in [6.07, 6.45) is 0.684. The maximum atomic E-state index is 10.4. The molecule has 0 amide bonds. The number of rotatable bonds is 2. The molecule has 1 aromatic carbocycles. The average molecular weight is 242 g/mol. The van der Waals surface area contributed by atoms with Gasteiger partial charge in [0, 0.05) is 15.8 Å². The van der Waals surface area contributed by atoms with Gasteiger partial charge in [-0.15, -0.1) is 0 Å². The molecule has 0 N–H and O–H groups in total. The van der Waals surface area contributed by atoms with Gasteiger partial charge >= 0.3 is 0 Å². The highest BCUT2D eigenvalue weighted by Crippen LogP contribution is 2.43. The van der Waals surface area contributed by atoms with Crippen LogP contribution in [0.25, 0.3) is 0 Å². The van der Waals surface area contributed by atoms with Crippen molar-refractivity contribution in [1.82, 2.24) is 0 Å². The minimum atomic E-state index is -0.353. The molecule has 2 unspecified atom stereocenters. The summed E-state index contributed by atoms with van der Waals surface area (Å²) in [5.74, 6) is 0.132. The van der Waals surface area contributed by atoms with Gasteiger partial charge in [0.2, 0.25) is 6.04 Å². The molecule has 1 aromatic rings. The molecule has 0 heterocycles. The van der Waals surface area contributed by atoms with Crippen molar-refractivity contribution in [2.24, 2.45) is 0 Å². The lowest BCUT2D eigenvalue weighted by Gasteiger charge is -1.96.